The van der Waals surface area contributed by atoms with E-state index in [9.17, 15) is 0 Å². The second kappa shape index (κ2) is 4.30. The van der Waals surface area contributed by atoms with Gasteiger partial charge in [0.2, 0.25) is 0 Å². The van der Waals surface area contributed by atoms with Gasteiger partial charge in [-0.2, -0.15) is 0 Å². The molecule has 0 N–H and O–H groups in total. The Morgan fingerprint density at radius 1 is 1.35 bits per heavy atom. The van der Waals surface area contributed by atoms with Crippen molar-refractivity contribution in [3.63, 3.8) is 0 Å². The summed E-state index contributed by atoms with van der Waals surface area (Å²) in [6, 6.07) is 1.55. The summed E-state index contributed by atoms with van der Waals surface area (Å²) in [5.41, 5.74) is 3.00. The minimum absolute atomic E-state index is 0.773. The third-order valence-corrected chi connectivity index (χ3v) is 4.44. The maximum atomic E-state index is 4.21. The van der Waals surface area contributed by atoms with E-state index >= 15 is 0 Å². The molecule has 0 radical (unpaired) electrons. The molecular formula is C14H21N3. The average Bonchev–Trinajstić information content (AvgIpc) is 2.82. The monoisotopic (exact) mass is 231 g/mol. The van der Waals surface area contributed by atoms with Gasteiger partial charge >= 0.3 is 0 Å². The largest absolute Gasteiger partial charge is 0.337 e. The van der Waals surface area contributed by atoms with E-state index in [0.717, 1.165) is 18.6 Å². The van der Waals surface area contributed by atoms with Crippen molar-refractivity contribution in [1.29, 1.82) is 0 Å². The van der Waals surface area contributed by atoms with E-state index in [0.29, 0.717) is 0 Å². The smallest absolute Gasteiger partial charge is 0.0945 e. The number of hydrogen-bond donors (Lipinski definition) is 0. The second-order valence-electron chi connectivity index (χ2n) is 5.41. The van der Waals surface area contributed by atoms with Gasteiger partial charge in [-0.3, -0.25) is 4.90 Å². The van der Waals surface area contributed by atoms with Crippen molar-refractivity contribution in [2.45, 2.75) is 51.2 Å². The fraction of sp³-hybridized carbons (Fsp3) is 0.643. The summed E-state index contributed by atoms with van der Waals surface area (Å²) in [4.78, 5) is 6.91. The molecule has 0 saturated carbocycles. The summed E-state index contributed by atoms with van der Waals surface area (Å²) in [5.74, 6) is 0. The van der Waals surface area contributed by atoms with Gasteiger partial charge in [-0.15, -0.1) is 0 Å². The Bertz CT molecular complexity index is 416. The molecule has 2 aliphatic heterocycles. The lowest BCUT2D eigenvalue weighted by atomic mass is 9.96. The van der Waals surface area contributed by atoms with Crippen molar-refractivity contribution >= 4 is 0 Å². The van der Waals surface area contributed by atoms with Crippen LogP contribution in [0.15, 0.2) is 24.2 Å². The number of piperidine rings is 1. The predicted octanol–water partition coefficient (Wildman–Crippen LogP) is 2.49. The number of rotatable bonds is 2. The highest BCUT2D eigenvalue weighted by Gasteiger charge is 2.38. The van der Waals surface area contributed by atoms with E-state index < -0.39 is 0 Å². The number of aromatic nitrogens is 2. The van der Waals surface area contributed by atoms with E-state index in [2.05, 4.69) is 34.5 Å². The molecule has 1 aromatic heterocycles. The number of aryl methyl sites for hydroxylation is 1. The Morgan fingerprint density at radius 3 is 2.59 bits per heavy atom. The van der Waals surface area contributed by atoms with Crippen molar-refractivity contribution in [2.75, 3.05) is 0 Å². The van der Waals surface area contributed by atoms with Crippen LogP contribution in [-0.4, -0.2) is 26.5 Å². The van der Waals surface area contributed by atoms with Gasteiger partial charge in [0.25, 0.3) is 0 Å². The minimum Gasteiger partial charge on any atom is -0.337 e. The molecule has 0 aromatic carbocycles. The number of fused-ring (bicyclic) bond motifs is 2. The van der Waals surface area contributed by atoms with Crippen LogP contribution in [0.4, 0.5) is 0 Å². The number of hydrogen-bond acceptors (Lipinski definition) is 2. The van der Waals surface area contributed by atoms with E-state index in [1.54, 1.807) is 5.57 Å². The zero-order valence-electron chi connectivity index (χ0n) is 10.8. The first-order chi connectivity index (χ1) is 8.28. The Kier molecular flexibility index (Phi) is 2.79. The fourth-order valence-corrected chi connectivity index (χ4v) is 3.36. The van der Waals surface area contributed by atoms with Gasteiger partial charge in [-0.25, -0.2) is 4.98 Å². The number of imidazole rings is 1. The quantitative estimate of drug-likeness (QED) is 0.729. The summed E-state index contributed by atoms with van der Waals surface area (Å²) in [7, 11) is 2.09. The normalized spacial score (nSPS) is 28.7. The SMILES string of the molecule is CC=C1CC2CCC(C1)N2Cc1cncn1C. The van der Waals surface area contributed by atoms with Gasteiger partial charge in [0.05, 0.1) is 12.0 Å². The van der Waals surface area contributed by atoms with Crippen molar-refractivity contribution in [1.82, 2.24) is 14.5 Å². The lowest BCUT2D eigenvalue weighted by Gasteiger charge is -2.36. The zero-order chi connectivity index (χ0) is 11.8. The average molecular weight is 231 g/mol. The molecule has 17 heavy (non-hydrogen) atoms. The maximum Gasteiger partial charge on any atom is 0.0945 e. The first-order valence-electron chi connectivity index (χ1n) is 6.63. The third-order valence-electron chi connectivity index (χ3n) is 4.44. The highest BCUT2D eigenvalue weighted by Crippen LogP contribution is 2.39. The van der Waals surface area contributed by atoms with Crippen molar-refractivity contribution in [2.24, 2.45) is 7.05 Å². The van der Waals surface area contributed by atoms with E-state index in [1.807, 2.05) is 12.5 Å². The van der Waals surface area contributed by atoms with Crippen LogP contribution in [0.5, 0.6) is 0 Å². The van der Waals surface area contributed by atoms with Crippen LogP contribution in [0.25, 0.3) is 0 Å². The summed E-state index contributed by atoms with van der Waals surface area (Å²) in [5, 5.41) is 0. The van der Waals surface area contributed by atoms with Crippen molar-refractivity contribution in [3.05, 3.63) is 29.9 Å². The Morgan fingerprint density at radius 2 is 2.06 bits per heavy atom. The van der Waals surface area contributed by atoms with Crippen LogP contribution in [-0.2, 0) is 13.6 Å². The molecule has 2 bridgehead atoms. The standard InChI is InChI=1S/C14H21N3/c1-3-11-6-12-4-5-13(7-11)17(12)9-14-8-15-10-16(14)2/h3,8,10,12-13H,4-7,9H2,1-2H3. The molecular weight excluding hydrogens is 210 g/mol. The second-order valence-corrected chi connectivity index (χ2v) is 5.41. The lowest BCUT2D eigenvalue weighted by Crippen LogP contribution is -2.40. The molecule has 3 nitrogen and oxygen atoms in total. The molecule has 3 heterocycles. The Balaban J connectivity index is 1.76. The molecule has 3 rings (SSSR count). The Hall–Kier alpha value is -1.09. The van der Waals surface area contributed by atoms with Crippen LogP contribution in [0.3, 0.4) is 0 Å². The summed E-state index contributed by atoms with van der Waals surface area (Å²) in [6.45, 7) is 3.26. The fourth-order valence-electron chi connectivity index (χ4n) is 3.36. The van der Waals surface area contributed by atoms with E-state index in [4.69, 9.17) is 0 Å². The molecule has 1 aromatic rings. The van der Waals surface area contributed by atoms with Gasteiger partial charge in [0.15, 0.2) is 0 Å². The van der Waals surface area contributed by atoms with Gasteiger partial charge in [0, 0.05) is 31.9 Å². The van der Waals surface area contributed by atoms with Crippen LogP contribution in [0.2, 0.25) is 0 Å². The van der Waals surface area contributed by atoms with Crippen LogP contribution in [0.1, 0.15) is 38.3 Å². The molecule has 2 aliphatic rings. The minimum atomic E-state index is 0.773. The zero-order valence-corrected chi connectivity index (χ0v) is 10.8. The van der Waals surface area contributed by atoms with Crippen molar-refractivity contribution < 1.29 is 0 Å². The van der Waals surface area contributed by atoms with Crippen molar-refractivity contribution in [3.8, 4) is 0 Å². The number of allylic oxidation sites excluding steroid dienone is 1. The predicted molar refractivity (Wildman–Crippen MR) is 68.6 cm³/mol. The topological polar surface area (TPSA) is 21.1 Å². The first-order valence-corrected chi connectivity index (χ1v) is 6.63. The summed E-state index contributed by atoms with van der Waals surface area (Å²) >= 11 is 0. The summed E-state index contributed by atoms with van der Waals surface area (Å²) in [6.07, 6.45) is 11.5. The molecule has 0 spiro atoms. The molecule has 3 heteroatoms. The van der Waals surface area contributed by atoms with E-state index in [1.165, 1.54) is 31.4 Å². The molecule has 92 valence electrons. The van der Waals surface area contributed by atoms with Gasteiger partial charge in [0.1, 0.15) is 0 Å². The van der Waals surface area contributed by atoms with E-state index in [-0.39, 0.29) is 0 Å². The van der Waals surface area contributed by atoms with Gasteiger partial charge in [-0.05, 0) is 32.6 Å². The highest BCUT2D eigenvalue weighted by atomic mass is 15.2. The molecule has 2 saturated heterocycles. The summed E-state index contributed by atoms with van der Waals surface area (Å²) < 4.78 is 2.14. The highest BCUT2D eigenvalue weighted by molar-refractivity contribution is 5.14. The van der Waals surface area contributed by atoms with Gasteiger partial charge in [-0.1, -0.05) is 11.6 Å². The molecule has 0 aliphatic carbocycles. The molecule has 2 unspecified atom stereocenters. The van der Waals surface area contributed by atoms with Crippen LogP contribution >= 0.6 is 0 Å². The Labute approximate surface area is 103 Å². The molecule has 2 fully saturated rings. The molecule has 2 atom stereocenters. The third kappa shape index (κ3) is 1.93. The van der Waals surface area contributed by atoms with Crippen LogP contribution in [0, 0.1) is 0 Å². The first kappa shape index (κ1) is 11.0. The number of nitrogens with zero attached hydrogens (tertiary/aromatic N) is 3. The maximum absolute atomic E-state index is 4.21. The van der Waals surface area contributed by atoms with Crippen LogP contribution < -0.4 is 0 Å². The van der Waals surface area contributed by atoms with Gasteiger partial charge < -0.3 is 4.57 Å². The lowest BCUT2D eigenvalue weighted by molar-refractivity contribution is 0.154. The molecule has 0 amide bonds.